The Hall–Kier alpha value is 0.776. The number of rotatable bonds is 3. The van der Waals surface area contributed by atoms with Crippen LogP contribution in [0.15, 0.2) is 0 Å². The molecule has 0 saturated heterocycles. The second-order valence-electron chi connectivity index (χ2n) is 1.38. The van der Waals surface area contributed by atoms with Gasteiger partial charge in [0.15, 0.2) is 0 Å². The second kappa shape index (κ2) is 4.92. The summed E-state index contributed by atoms with van der Waals surface area (Å²) in [5.74, 6) is 0. The average Bonchev–Trinajstić information content (AvgIpc) is 1.61. The van der Waals surface area contributed by atoms with Crippen molar-refractivity contribution in [3.63, 3.8) is 0 Å². The molecule has 0 bridgehead atoms. The summed E-state index contributed by atoms with van der Waals surface area (Å²) in [5.41, 5.74) is 2.55. The van der Waals surface area contributed by atoms with Gasteiger partial charge in [-0.05, 0) is 0 Å². The molecule has 7 heavy (non-hydrogen) atoms. The molecule has 0 aliphatic heterocycles. The van der Waals surface area contributed by atoms with Gasteiger partial charge in [0.2, 0.25) is 0 Å². The van der Waals surface area contributed by atoms with Gasteiger partial charge in [-0.2, -0.15) is 0 Å². The molecule has 0 aliphatic rings. The molecule has 4 heteroatoms. The third-order valence-corrected chi connectivity index (χ3v) is 0.695. The van der Waals surface area contributed by atoms with Crippen molar-refractivity contribution in [2.45, 2.75) is 20.0 Å². The fourth-order valence-corrected chi connectivity index (χ4v) is 0.349. The van der Waals surface area contributed by atoms with Gasteiger partial charge in [0, 0.05) is 0 Å². The molecule has 0 saturated carbocycles. The second-order valence-corrected chi connectivity index (χ2v) is 2.25. The molecule has 0 aromatic rings. The Balaban J connectivity index is 2.68. The summed E-state index contributed by atoms with van der Waals surface area (Å²) in [5, 5.41) is 0. The molecule has 0 amide bonds. The zero-order valence-electron chi connectivity index (χ0n) is 4.43. The number of nitrogens with one attached hydrogen (secondary N) is 2. The fraction of sp³-hybridized carbons (Fsp3) is 1.00. The Kier molecular flexibility index (Phi) is 5.47. The van der Waals surface area contributed by atoms with Crippen LogP contribution in [0.1, 0.15) is 13.8 Å². The molecule has 0 spiro atoms. The van der Waals surface area contributed by atoms with E-state index in [1.807, 2.05) is 13.8 Å². The summed E-state index contributed by atoms with van der Waals surface area (Å²) < 4.78 is 2.74. The molecular formula is C3H10N2OPo. The maximum atomic E-state index is 4.86. The minimum atomic E-state index is 0.247. The van der Waals surface area contributed by atoms with E-state index >= 15 is 0 Å². The topological polar surface area (TPSA) is 33.3 Å². The minimum absolute atomic E-state index is 0.247. The van der Waals surface area contributed by atoms with Gasteiger partial charge in [-0.1, -0.05) is 0 Å². The zero-order valence-corrected chi connectivity index (χ0v) is 7.91. The van der Waals surface area contributed by atoms with E-state index in [1.165, 1.54) is 0 Å². The van der Waals surface area contributed by atoms with Gasteiger partial charge in [0.1, 0.15) is 0 Å². The first-order valence-electron chi connectivity index (χ1n) is 2.07. The first kappa shape index (κ1) is 7.78. The Bertz CT molecular complexity index is 41.9. The van der Waals surface area contributed by atoms with E-state index in [1.54, 1.807) is 0 Å². The quantitative estimate of drug-likeness (QED) is 0.672. The normalized spacial score (nSPS) is 10.3. The summed E-state index contributed by atoms with van der Waals surface area (Å²) in [6, 6.07) is 0. The molecule has 0 aliphatic carbocycles. The van der Waals surface area contributed by atoms with Gasteiger partial charge in [-0.15, -0.1) is 0 Å². The Labute approximate surface area is 59.3 Å². The SMILES string of the molecule is CC(C)ON[NH][PoH]. The summed E-state index contributed by atoms with van der Waals surface area (Å²) in [4.78, 5) is 4.86. The van der Waals surface area contributed by atoms with Crippen molar-refractivity contribution in [1.82, 2.24) is 8.91 Å². The van der Waals surface area contributed by atoms with Crippen LogP contribution < -0.4 is 8.91 Å². The molecule has 0 fully saturated rings. The maximum absolute atomic E-state index is 4.86. The van der Waals surface area contributed by atoms with Crippen LogP contribution in [0.5, 0.6) is 0 Å². The molecule has 0 heterocycles. The third-order valence-electron chi connectivity index (χ3n) is 0.340. The van der Waals surface area contributed by atoms with Crippen LogP contribution in [0.2, 0.25) is 0 Å². The van der Waals surface area contributed by atoms with Gasteiger partial charge in [0.05, 0.1) is 0 Å². The summed E-state index contributed by atoms with van der Waals surface area (Å²) in [7, 11) is 0. The first-order chi connectivity index (χ1) is 3.27. The van der Waals surface area contributed by atoms with E-state index in [9.17, 15) is 0 Å². The van der Waals surface area contributed by atoms with E-state index in [4.69, 9.17) is 4.84 Å². The van der Waals surface area contributed by atoms with Crippen LogP contribution >= 0.6 is 0 Å². The van der Waals surface area contributed by atoms with Crippen molar-refractivity contribution in [2.24, 2.45) is 0 Å². The number of hydrazine groups is 1. The van der Waals surface area contributed by atoms with Crippen molar-refractivity contribution in [2.75, 3.05) is 0 Å². The predicted octanol–water partition coefficient (Wildman–Crippen LogP) is -0.764. The molecule has 44 valence electrons. The van der Waals surface area contributed by atoms with Crippen LogP contribution in [0.4, 0.5) is 0 Å². The Morgan fingerprint density at radius 2 is 2.14 bits per heavy atom. The molecule has 0 aromatic heterocycles. The first-order valence-corrected chi connectivity index (χ1v) is 3.81. The molecule has 0 atom stereocenters. The summed E-state index contributed by atoms with van der Waals surface area (Å²) in [6.45, 7) is 3.92. The molecule has 3 nitrogen and oxygen atoms in total. The van der Waals surface area contributed by atoms with Gasteiger partial charge >= 0.3 is 59.1 Å². The van der Waals surface area contributed by atoms with Gasteiger partial charge in [0.25, 0.3) is 0 Å². The van der Waals surface area contributed by atoms with Crippen LogP contribution in [0.3, 0.4) is 0 Å². The molecule has 0 rings (SSSR count). The van der Waals surface area contributed by atoms with Crippen molar-refractivity contribution >= 4 is 25.4 Å². The van der Waals surface area contributed by atoms with Crippen molar-refractivity contribution in [3.05, 3.63) is 0 Å². The zero-order chi connectivity index (χ0) is 5.70. The Morgan fingerprint density at radius 3 is 2.29 bits per heavy atom. The predicted molar refractivity (Wildman–Crippen MR) is 29.6 cm³/mol. The van der Waals surface area contributed by atoms with Crippen LogP contribution in [-0.4, -0.2) is 31.5 Å². The Morgan fingerprint density at radius 1 is 1.57 bits per heavy atom. The third kappa shape index (κ3) is 6.78. The van der Waals surface area contributed by atoms with Crippen molar-refractivity contribution in [3.8, 4) is 0 Å². The van der Waals surface area contributed by atoms with Crippen LogP contribution in [-0.2, 0) is 4.84 Å². The van der Waals surface area contributed by atoms with E-state index < -0.39 is 0 Å². The van der Waals surface area contributed by atoms with Gasteiger partial charge < -0.3 is 0 Å². The van der Waals surface area contributed by atoms with Crippen LogP contribution in [0.25, 0.3) is 0 Å². The van der Waals surface area contributed by atoms with E-state index in [-0.39, 0.29) is 6.10 Å². The summed E-state index contributed by atoms with van der Waals surface area (Å²) in [6.07, 6.45) is 0.247. The number of hydrogen-bond donors (Lipinski definition) is 2. The monoisotopic (exact) mass is 299 g/mol. The van der Waals surface area contributed by atoms with Gasteiger partial charge in [-0.3, -0.25) is 0 Å². The van der Waals surface area contributed by atoms with Crippen molar-refractivity contribution in [1.29, 1.82) is 0 Å². The molecular weight excluding hydrogens is 289 g/mol. The van der Waals surface area contributed by atoms with E-state index in [0.717, 1.165) is 25.4 Å². The van der Waals surface area contributed by atoms with Crippen LogP contribution in [0, 0.1) is 0 Å². The number of hydrogen-bond acceptors (Lipinski definition) is 3. The standard InChI is InChI=1S/C3H9N2O.Po.H/c1-3(2)6-5-4;;/h3-5H,1-2H3;;/q-1;+1;. The summed E-state index contributed by atoms with van der Waals surface area (Å²) >= 11 is 1.08. The van der Waals surface area contributed by atoms with Crippen molar-refractivity contribution < 1.29 is 4.84 Å². The van der Waals surface area contributed by atoms with E-state index in [2.05, 4.69) is 8.91 Å². The molecule has 0 unspecified atom stereocenters. The average molecular weight is 299 g/mol. The van der Waals surface area contributed by atoms with Gasteiger partial charge in [-0.25, -0.2) is 0 Å². The molecule has 0 aromatic carbocycles. The molecule has 2 N–H and O–H groups in total. The fourth-order valence-electron chi connectivity index (χ4n) is 0.144. The van der Waals surface area contributed by atoms with E-state index in [0.29, 0.717) is 0 Å². The molecule has 0 radical (unpaired) electrons.